The molecule has 0 fully saturated rings. The largest absolute Gasteiger partial charge is 0.306 e. The quantitative estimate of drug-likeness (QED) is 0.547. The first-order chi connectivity index (χ1) is 6.52. The van der Waals surface area contributed by atoms with Crippen molar-refractivity contribution in [3.8, 4) is 0 Å². The summed E-state index contributed by atoms with van der Waals surface area (Å²) in [7, 11) is 0. The summed E-state index contributed by atoms with van der Waals surface area (Å²) in [4.78, 5) is 9.47. The topological polar surface area (TPSA) is 43.1 Å². The van der Waals surface area contributed by atoms with Crippen LogP contribution in [0.3, 0.4) is 0 Å². The monoisotopic (exact) mass is 203 g/mol. The number of nitrogens with zero attached hydrogens (tertiary/aromatic N) is 1. The molecule has 0 heterocycles. The van der Waals surface area contributed by atoms with Crippen molar-refractivity contribution in [1.82, 2.24) is 0 Å². The average Bonchev–Trinajstić information content (AvgIpc) is 2.16. The molecule has 0 bridgehead atoms. The molecule has 0 aliphatic carbocycles. The molecule has 0 amide bonds. The summed E-state index contributed by atoms with van der Waals surface area (Å²) < 4.78 is 36.0. The first-order valence-electron chi connectivity index (χ1n) is 3.48. The van der Waals surface area contributed by atoms with E-state index in [4.69, 9.17) is 0 Å². The van der Waals surface area contributed by atoms with E-state index >= 15 is 0 Å². The summed E-state index contributed by atoms with van der Waals surface area (Å²) in [5.41, 5.74) is -0.656. The van der Waals surface area contributed by atoms with Crippen molar-refractivity contribution in [2.45, 2.75) is 0 Å². The zero-order chi connectivity index (χ0) is 10.7. The molecule has 6 heteroatoms. The standard InChI is InChI=1S/C8H4F3NO2/c9-7(8(10)11)5-1-3-6(4-2-5)12(13)14/h1-4H. The van der Waals surface area contributed by atoms with Gasteiger partial charge in [-0.25, -0.2) is 4.39 Å². The molecule has 1 rings (SSSR count). The van der Waals surface area contributed by atoms with Crippen molar-refractivity contribution < 1.29 is 18.1 Å². The molecule has 0 aliphatic rings. The highest BCUT2D eigenvalue weighted by atomic mass is 19.3. The SMILES string of the molecule is O=[N+]([O-])c1ccc(C(F)=C(F)F)cc1. The van der Waals surface area contributed by atoms with Crippen LogP contribution < -0.4 is 0 Å². The maximum absolute atomic E-state index is 12.6. The third-order valence-electron chi connectivity index (χ3n) is 1.50. The first-order valence-corrected chi connectivity index (χ1v) is 3.48. The fourth-order valence-corrected chi connectivity index (χ4v) is 0.839. The third kappa shape index (κ3) is 2.09. The van der Waals surface area contributed by atoms with Gasteiger partial charge >= 0.3 is 6.08 Å². The molecular formula is C8H4F3NO2. The molecule has 0 atom stereocenters. The van der Waals surface area contributed by atoms with Crippen LogP contribution in [0.25, 0.3) is 5.83 Å². The molecule has 14 heavy (non-hydrogen) atoms. The van der Waals surface area contributed by atoms with E-state index in [1.165, 1.54) is 0 Å². The fourth-order valence-electron chi connectivity index (χ4n) is 0.839. The maximum atomic E-state index is 12.6. The van der Waals surface area contributed by atoms with Crippen LogP contribution in [0.15, 0.2) is 30.3 Å². The minimum atomic E-state index is -2.45. The zero-order valence-electron chi connectivity index (χ0n) is 6.71. The van der Waals surface area contributed by atoms with Crippen LogP contribution in [0.5, 0.6) is 0 Å². The molecule has 0 saturated heterocycles. The minimum Gasteiger partial charge on any atom is -0.258 e. The van der Waals surface area contributed by atoms with Crippen molar-refractivity contribution >= 4 is 11.5 Å². The molecule has 0 saturated carbocycles. The van der Waals surface area contributed by atoms with Crippen molar-refractivity contribution in [2.75, 3.05) is 0 Å². The second kappa shape index (κ2) is 3.91. The molecule has 74 valence electrons. The Hall–Kier alpha value is -1.85. The Morgan fingerprint density at radius 2 is 1.64 bits per heavy atom. The predicted molar refractivity (Wildman–Crippen MR) is 43.3 cm³/mol. The van der Waals surface area contributed by atoms with E-state index in [2.05, 4.69) is 0 Å². The third-order valence-corrected chi connectivity index (χ3v) is 1.50. The summed E-state index contributed by atoms with van der Waals surface area (Å²) >= 11 is 0. The lowest BCUT2D eigenvalue weighted by Gasteiger charge is -1.95. The van der Waals surface area contributed by atoms with Gasteiger partial charge < -0.3 is 0 Å². The average molecular weight is 203 g/mol. The number of non-ortho nitro benzene ring substituents is 1. The number of hydrogen-bond donors (Lipinski definition) is 0. The highest BCUT2D eigenvalue weighted by molar-refractivity contribution is 5.60. The predicted octanol–water partition coefficient (Wildman–Crippen LogP) is 3.13. The van der Waals surface area contributed by atoms with Crippen LogP contribution in [0, 0.1) is 10.1 Å². The molecule has 1 aromatic carbocycles. The van der Waals surface area contributed by atoms with Gasteiger partial charge in [0.2, 0.25) is 0 Å². The molecule has 3 nitrogen and oxygen atoms in total. The summed E-state index contributed by atoms with van der Waals surface area (Å²) in [6.45, 7) is 0. The Morgan fingerprint density at radius 1 is 1.14 bits per heavy atom. The van der Waals surface area contributed by atoms with E-state index in [9.17, 15) is 23.3 Å². The van der Waals surface area contributed by atoms with E-state index in [0.29, 0.717) is 0 Å². The normalized spacial score (nSPS) is 9.64. The van der Waals surface area contributed by atoms with E-state index in [0.717, 1.165) is 24.3 Å². The lowest BCUT2D eigenvalue weighted by molar-refractivity contribution is -0.384. The molecular weight excluding hydrogens is 199 g/mol. The summed E-state index contributed by atoms with van der Waals surface area (Å²) in [5, 5.41) is 10.2. The van der Waals surface area contributed by atoms with Gasteiger partial charge in [-0.05, 0) is 12.1 Å². The summed E-state index contributed by atoms with van der Waals surface area (Å²) in [5.74, 6) is -1.67. The van der Waals surface area contributed by atoms with Gasteiger partial charge in [0, 0.05) is 17.7 Å². The highest BCUT2D eigenvalue weighted by Gasteiger charge is 2.10. The molecule has 0 spiro atoms. The van der Waals surface area contributed by atoms with Gasteiger partial charge in [-0.2, -0.15) is 8.78 Å². The van der Waals surface area contributed by atoms with E-state index in [1.54, 1.807) is 0 Å². The minimum absolute atomic E-state index is 0.277. The molecule has 0 radical (unpaired) electrons. The van der Waals surface area contributed by atoms with Crippen LogP contribution in [0.4, 0.5) is 18.9 Å². The van der Waals surface area contributed by atoms with Gasteiger partial charge in [-0.3, -0.25) is 10.1 Å². The second-order valence-electron chi connectivity index (χ2n) is 2.38. The summed E-state index contributed by atoms with van der Waals surface area (Å²) in [6.07, 6.45) is -2.45. The van der Waals surface area contributed by atoms with Crippen LogP contribution in [-0.2, 0) is 0 Å². The number of rotatable bonds is 2. The van der Waals surface area contributed by atoms with E-state index < -0.39 is 16.8 Å². The number of nitro groups is 1. The second-order valence-corrected chi connectivity index (χ2v) is 2.38. The molecule has 0 N–H and O–H groups in total. The Balaban J connectivity index is 3.06. The van der Waals surface area contributed by atoms with E-state index in [1.807, 2.05) is 0 Å². The van der Waals surface area contributed by atoms with Crippen molar-refractivity contribution in [2.24, 2.45) is 0 Å². The lowest BCUT2D eigenvalue weighted by atomic mass is 10.2. The van der Waals surface area contributed by atoms with Crippen LogP contribution in [0.1, 0.15) is 5.56 Å². The van der Waals surface area contributed by atoms with Gasteiger partial charge in [0.05, 0.1) is 4.92 Å². The van der Waals surface area contributed by atoms with Crippen molar-refractivity contribution in [3.05, 3.63) is 46.0 Å². The number of nitro benzene ring substituents is 1. The smallest absolute Gasteiger partial charge is 0.258 e. The van der Waals surface area contributed by atoms with Gasteiger partial charge in [0.1, 0.15) is 0 Å². The maximum Gasteiger partial charge on any atom is 0.306 e. The Kier molecular flexibility index (Phi) is 2.85. The number of benzene rings is 1. The van der Waals surface area contributed by atoms with Gasteiger partial charge in [-0.15, -0.1) is 0 Å². The Bertz CT molecular complexity index is 382. The van der Waals surface area contributed by atoms with Crippen LogP contribution >= 0.6 is 0 Å². The van der Waals surface area contributed by atoms with Gasteiger partial charge in [0.25, 0.3) is 5.69 Å². The summed E-state index contributed by atoms with van der Waals surface area (Å²) in [6, 6.07) is 3.76. The fraction of sp³-hybridized carbons (Fsp3) is 0. The number of halogens is 3. The lowest BCUT2D eigenvalue weighted by Crippen LogP contribution is -1.87. The Labute approximate surface area is 76.6 Å². The Morgan fingerprint density at radius 3 is 2.00 bits per heavy atom. The first kappa shape index (κ1) is 10.2. The molecule has 0 aromatic heterocycles. The van der Waals surface area contributed by atoms with Gasteiger partial charge in [-0.1, -0.05) is 0 Å². The van der Waals surface area contributed by atoms with Crippen LogP contribution in [0.2, 0.25) is 0 Å². The van der Waals surface area contributed by atoms with E-state index in [-0.39, 0.29) is 11.3 Å². The number of hydrogen-bond acceptors (Lipinski definition) is 2. The van der Waals surface area contributed by atoms with Crippen molar-refractivity contribution in [1.29, 1.82) is 0 Å². The zero-order valence-corrected chi connectivity index (χ0v) is 6.71. The van der Waals surface area contributed by atoms with Gasteiger partial charge in [0.15, 0.2) is 5.83 Å². The van der Waals surface area contributed by atoms with Crippen LogP contribution in [-0.4, -0.2) is 4.92 Å². The molecule has 0 aliphatic heterocycles. The molecule has 1 aromatic rings. The molecule has 0 unspecified atom stereocenters. The van der Waals surface area contributed by atoms with Crippen molar-refractivity contribution in [3.63, 3.8) is 0 Å². The highest BCUT2D eigenvalue weighted by Crippen LogP contribution is 2.23.